The number of carboxylic acids is 1. The van der Waals surface area contributed by atoms with E-state index in [1.807, 2.05) is 38.4 Å². The van der Waals surface area contributed by atoms with Crippen LogP contribution < -0.4 is 0 Å². The second kappa shape index (κ2) is 8.24. The molecule has 3 rings (SSSR count). The third-order valence-electron chi connectivity index (χ3n) is 5.70. The van der Waals surface area contributed by atoms with Crippen molar-refractivity contribution in [3.05, 3.63) is 59.7 Å². The number of hydrogen-bond acceptors (Lipinski definition) is 3. The maximum absolute atomic E-state index is 11.5. The van der Waals surface area contributed by atoms with E-state index >= 15 is 0 Å². The van der Waals surface area contributed by atoms with Crippen LogP contribution in [0.15, 0.2) is 48.5 Å². The van der Waals surface area contributed by atoms with E-state index in [9.17, 15) is 15.0 Å². The minimum atomic E-state index is -0.920. The zero-order valence-corrected chi connectivity index (χ0v) is 16.2. The number of aromatic carboxylic acids is 1. The van der Waals surface area contributed by atoms with Crippen molar-refractivity contribution in [1.82, 2.24) is 4.90 Å². The Hall–Kier alpha value is -2.17. The Labute approximate surface area is 161 Å². The van der Waals surface area contributed by atoms with Crippen LogP contribution in [-0.2, 0) is 0 Å². The second-order valence-electron chi connectivity index (χ2n) is 7.95. The highest BCUT2D eigenvalue weighted by molar-refractivity contribution is 5.95. The van der Waals surface area contributed by atoms with E-state index in [-0.39, 0.29) is 5.92 Å². The molecule has 4 nitrogen and oxygen atoms in total. The van der Waals surface area contributed by atoms with Gasteiger partial charge in [-0.15, -0.1) is 0 Å². The first-order valence-electron chi connectivity index (χ1n) is 9.70. The van der Waals surface area contributed by atoms with Gasteiger partial charge in [0.2, 0.25) is 0 Å². The van der Waals surface area contributed by atoms with Crippen LogP contribution in [0.4, 0.5) is 0 Å². The molecule has 1 saturated carbocycles. The number of carbonyl (C=O) groups is 1. The van der Waals surface area contributed by atoms with E-state index in [1.165, 1.54) is 6.42 Å². The van der Waals surface area contributed by atoms with Gasteiger partial charge in [-0.2, -0.15) is 0 Å². The van der Waals surface area contributed by atoms with E-state index < -0.39 is 11.6 Å². The molecule has 4 heteroatoms. The maximum Gasteiger partial charge on any atom is 0.336 e. The SMILES string of the molecule is CN(C)CC(c1ccc(-c2ccccc2C(=O)O)cc1)C1(O)CCCCC1. The molecule has 0 radical (unpaired) electrons. The van der Waals surface area contributed by atoms with Crippen molar-refractivity contribution in [3.8, 4) is 11.1 Å². The van der Waals surface area contributed by atoms with Crippen LogP contribution in [-0.4, -0.2) is 47.3 Å². The average molecular weight is 367 g/mol. The molecule has 1 fully saturated rings. The molecule has 0 amide bonds. The summed E-state index contributed by atoms with van der Waals surface area (Å²) in [6.45, 7) is 0.793. The Bertz CT molecular complexity index is 776. The van der Waals surface area contributed by atoms with Crippen LogP contribution in [0.25, 0.3) is 11.1 Å². The van der Waals surface area contributed by atoms with Gasteiger partial charge in [0.15, 0.2) is 0 Å². The van der Waals surface area contributed by atoms with Crippen molar-refractivity contribution < 1.29 is 15.0 Å². The molecule has 0 spiro atoms. The number of aliphatic hydroxyl groups is 1. The molecule has 2 aromatic rings. The molecule has 0 saturated heterocycles. The highest BCUT2D eigenvalue weighted by Gasteiger charge is 2.38. The quantitative estimate of drug-likeness (QED) is 0.795. The van der Waals surface area contributed by atoms with Crippen molar-refractivity contribution in [2.75, 3.05) is 20.6 Å². The number of carboxylic acid groups (broad SMARTS) is 1. The molecule has 2 aromatic carbocycles. The lowest BCUT2D eigenvalue weighted by atomic mass is 9.72. The van der Waals surface area contributed by atoms with Crippen molar-refractivity contribution in [3.63, 3.8) is 0 Å². The van der Waals surface area contributed by atoms with Gasteiger partial charge in [0.05, 0.1) is 11.2 Å². The van der Waals surface area contributed by atoms with Crippen LogP contribution >= 0.6 is 0 Å². The Kier molecular flexibility index (Phi) is 5.98. The maximum atomic E-state index is 11.5. The molecule has 27 heavy (non-hydrogen) atoms. The number of likely N-dealkylation sites (N-methyl/N-ethyl adjacent to an activating group) is 1. The van der Waals surface area contributed by atoms with Gasteiger partial charge in [-0.25, -0.2) is 4.79 Å². The summed E-state index contributed by atoms with van der Waals surface area (Å²) in [5.41, 5.74) is 2.36. The van der Waals surface area contributed by atoms with Gasteiger partial charge in [-0.05, 0) is 49.7 Å². The highest BCUT2D eigenvalue weighted by atomic mass is 16.4. The lowest BCUT2D eigenvalue weighted by molar-refractivity contribution is -0.0277. The van der Waals surface area contributed by atoms with Crippen LogP contribution in [0.3, 0.4) is 0 Å². The van der Waals surface area contributed by atoms with Crippen molar-refractivity contribution in [2.24, 2.45) is 0 Å². The van der Waals surface area contributed by atoms with Gasteiger partial charge in [0, 0.05) is 12.5 Å². The Morgan fingerprint density at radius 2 is 1.67 bits per heavy atom. The summed E-state index contributed by atoms with van der Waals surface area (Å²) >= 11 is 0. The van der Waals surface area contributed by atoms with Gasteiger partial charge in [-0.3, -0.25) is 0 Å². The minimum Gasteiger partial charge on any atom is -0.478 e. The largest absolute Gasteiger partial charge is 0.478 e. The van der Waals surface area contributed by atoms with E-state index in [0.717, 1.165) is 48.9 Å². The Balaban J connectivity index is 1.93. The minimum absolute atomic E-state index is 0.0524. The first kappa shape index (κ1) is 19.6. The first-order valence-corrected chi connectivity index (χ1v) is 9.70. The summed E-state index contributed by atoms with van der Waals surface area (Å²) in [5.74, 6) is -0.867. The van der Waals surface area contributed by atoms with Gasteiger partial charge < -0.3 is 15.1 Å². The molecule has 0 aliphatic heterocycles. The lowest BCUT2D eigenvalue weighted by Crippen LogP contribution is -2.42. The van der Waals surface area contributed by atoms with E-state index in [1.54, 1.807) is 12.1 Å². The summed E-state index contributed by atoms with van der Waals surface area (Å²) in [6, 6.07) is 15.1. The van der Waals surface area contributed by atoms with Gasteiger partial charge in [0.1, 0.15) is 0 Å². The van der Waals surface area contributed by atoms with Crippen LogP contribution in [0.1, 0.15) is 53.9 Å². The topological polar surface area (TPSA) is 60.8 Å². The number of hydrogen-bond donors (Lipinski definition) is 2. The van der Waals surface area contributed by atoms with Gasteiger partial charge in [0.25, 0.3) is 0 Å². The normalized spacial score (nSPS) is 17.6. The van der Waals surface area contributed by atoms with E-state index in [4.69, 9.17) is 0 Å². The van der Waals surface area contributed by atoms with Crippen molar-refractivity contribution in [1.29, 1.82) is 0 Å². The van der Waals surface area contributed by atoms with Crippen LogP contribution in [0, 0.1) is 0 Å². The predicted molar refractivity (Wildman–Crippen MR) is 108 cm³/mol. The summed E-state index contributed by atoms with van der Waals surface area (Å²) in [6.07, 6.45) is 5.03. The van der Waals surface area contributed by atoms with Gasteiger partial charge >= 0.3 is 5.97 Å². The monoisotopic (exact) mass is 367 g/mol. The molecule has 1 aliphatic carbocycles. The fourth-order valence-corrected chi connectivity index (χ4v) is 4.28. The third-order valence-corrected chi connectivity index (χ3v) is 5.70. The van der Waals surface area contributed by atoms with Crippen LogP contribution in [0.5, 0.6) is 0 Å². The Morgan fingerprint density at radius 1 is 1.04 bits per heavy atom. The molecule has 1 atom stereocenters. The highest BCUT2D eigenvalue weighted by Crippen LogP contribution is 2.40. The first-order chi connectivity index (χ1) is 12.9. The fourth-order valence-electron chi connectivity index (χ4n) is 4.28. The zero-order valence-electron chi connectivity index (χ0n) is 16.2. The molecule has 0 heterocycles. The summed E-state index contributed by atoms with van der Waals surface area (Å²) < 4.78 is 0. The predicted octanol–water partition coefficient (Wildman–Crippen LogP) is 4.39. The molecule has 1 aliphatic rings. The smallest absolute Gasteiger partial charge is 0.336 e. The fraction of sp³-hybridized carbons (Fsp3) is 0.435. The number of benzene rings is 2. The molecular formula is C23H29NO3. The van der Waals surface area contributed by atoms with Crippen molar-refractivity contribution in [2.45, 2.75) is 43.6 Å². The zero-order chi connectivity index (χ0) is 19.4. The second-order valence-corrected chi connectivity index (χ2v) is 7.95. The van der Waals surface area contributed by atoms with E-state index in [0.29, 0.717) is 5.56 Å². The Morgan fingerprint density at radius 3 is 2.26 bits per heavy atom. The molecule has 144 valence electrons. The summed E-state index contributed by atoms with van der Waals surface area (Å²) in [7, 11) is 4.08. The van der Waals surface area contributed by atoms with Crippen LogP contribution in [0.2, 0.25) is 0 Å². The molecule has 1 unspecified atom stereocenters. The molecule has 2 N–H and O–H groups in total. The summed E-state index contributed by atoms with van der Waals surface area (Å²) in [4.78, 5) is 13.6. The lowest BCUT2D eigenvalue weighted by Gasteiger charge is -2.41. The number of rotatable bonds is 6. The van der Waals surface area contributed by atoms with Crippen molar-refractivity contribution >= 4 is 5.97 Å². The molecule has 0 aromatic heterocycles. The molecular weight excluding hydrogens is 338 g/mol. The molecule has 0 bridgehead atoms. The third kappa shape index (κ3) is 4.40. The van der Waals surface area contributed by atoms with Gasteiger partial charge in [-0.1, -0.05) is 61.7 Å². The summed E-state index contributed by atoms with van der Waals surface area (Å²) in [5, 5.41) is 20.8. The van der Waals surface area contributed by atoms with E-state index in [2.05, 4.69) is 17.0 Å². The standard InChI is InChI=1S/C23H29NO3/c1-24(2)16-21(23(27)14-6-3-7-15-23)18-12-10-17(11-13-18)19-8-4-5-9-20(19)22(25)26/h4-5,8-13,21,27H,3,6-7,14-16H2,1-2H3,(H,25,26). The average Bonchev–Trinajstić information content (AvgIpc) is 2.66. The number of nitrogens with zero attached hydrogens (tertiary/aromatic N) is 1.